The van der Waals surface area contributed by atoms with E-state index in [0.29, 0.717) is 13.2 Å². The molecule has 0 radical (unpaired) electrons. The second-order valence-corrected chi connectivity index (χ2v) is 2.52. The molecule has 1 heterocycles. The molecule has 0 aliphatic rings. The molecule has 0 saturated carbocycles. The smallest absolute Gasteiger partial charge is 0.136 e. The highest BCUT2D eigenvalue weighted by Gasteiger charge is 2.07. The van der Waals surface area contributed by atoms with Crippen molar-refractivity contribution in [2.45, 2.75) is 6.61 Å². The van der Waals surface area contributed by atoms with Gasteiger partial charge in [0.1, 0.15) is 5.76 Å². The number of methoxy groups -OCH3 is 1. The van der Waals surface area contributed by atoms with Crippen LogP contribution in [0, 0.1) is 0 Å². The van der Waals surface area contributed by atoms with Crippen LogP contribution in [0.5, 0.6) is 0 Å². The predicted octanol–water partition coefficient (Wildman–Crippen LogP) is 1.40. The van der Waals surface area contributed by atoms with Gasteiger partial charge in [0, 0.05) is 24.8 Å². The maximum Gasteiger partial charge on any atom is 0.136 e. The molecule has 0 aliphatic heterocycles. The number of ether oxygens (including phenoxy) is 1. The Bertz CT molecular complexity index is 265. The topological polar surface area (TPSA) is 48.4 Å². The molecule has 0 fully saturated rings. The van der Waals surface area contributed by atoms with Crippen LogP contribution in [0.2, 0.25) is 0 Å². The normalized spacial score (nSPS) is 10.2. The van der Waals surface area contributed by atoms with E-state index >= 15 is 0 Å². The largest absolute Gasteiger partial charge is 0.464 e. The summed E-state index contributed by atoms with van der Waals surface area (Å²) in [7, 11) is 1.64. The third-order valence-electron chi connectivity index (χ3n) is 1.61. The lowest BCUT2D eigenvalue weighted by Crippen LogP contribution is -2.02. The van der Waals surface area contributed by atoms with Crippen molar-refractivity contribution in [3.8, 4) is 0 Å². The molecule has 0 aliphatic carbocycles. The van der Waals surface area contributed by atoms with Crippen LogP contribution in [0.25, 0.3) is 5.57 Å². The van der Waals surface area contributed by atoms with Crippen molar-refractivity contribution in [3.63, 3.8) is 0 Å². The first kappa shape index (κ1) is 9.03. The van der Waals surface area contributed by atoms with Crippen molar-refractivity contribution in [2.75, 3.05) is 13.7 Å². The molecule has 0 unspecified atom stereocenters. The average molecular weight is 167 g/mol. The quantitative estimate of drug-likeness (QED) is 0.737. The standard InChI is InChI=1S/C9H13NO2/c1-7(5-10)9-8(6-11-2)3-4-12-9/h3-4H,1,5-6,10H2,2H3. The van der Waals surface area contributed by atoms with Gasteiger partial charge in [0.05, 0.1) is 12.9 Å². The van der Waals surface area contributed by atoms with Crippen molar-refractivity contribution in [1.82, 2.24) is 0 Å². The van der Waals surface area contributed by atoms with E-state index in [2.05, 4.69) is 6.58 Å². The lowest BCUT2D eigenvalue weighted by atomic mass is 10.1. The van der Waals surface area contributed by atoms with Gasteiger partial charge >= 0.3 is 0 Å². The molecular weight excluding hydrogens is 154 g/mol. The highest BCUT2D eigenvalue weighted by atomic mass is 16.5. The Morgan fingerprint density at radius 3 is 3.08 bits per heavy atom. The Morgan fingerprint density at radius 1 is 1.75 bits per heavy atom. The van der Waals surface area contributed by atoms with Gasteiger partial charge in [-0.2, -0.15) is 0 Å². The van der Waals surface area contributed by atoms with Gasteiger partial charge in [0.25, 0.3) is 0 Å². The molecule has 66 valence electrons. The zero-order chi connectivity index (χ0) is 8.97. The first-order chi connectivity index (χ1) is 5.79. The van der Waals surface area contributed by atoms with Crippen LogP contribution in [0.3, 0.4) is 0 Å². The van der Waals surface area contributed by atoms with E-state index in [-0.39, 0.29) is 0 Å². The SMILES string of the molecule is C=C(CN)c1occc1COC. The lowest BCUT2D eigenvalue weighted by molar-refractivity contribution is 0.184. The van der Waals surface area contributed by atoms with Crippen molar-refractivity contribution in [1.29, 1.82) is 0 Å². The van der Waals surface area contributed by atoms with E-state index in [4.69, 9.17) is 14.9 Å². The third-order valence-corrected chi connectivity index (χ3v) is 1.61. The molecule has 3 heteroatoms. The van der Waals surface area contributed by atoms with Gasteiger partial charge in [-0.15, -0.1) is 0 Å². The van der Waals surface area contributed by atoms with E-state index in [9.17, 15) is 0 Å². The molecule has 0 spiro atoms. The van der Waals surface area contributed by atoms with Crippen LogP contribution in [0.4, 0.5) is 0 Å². The van der Waals surface area contributed by atoms with Crippen LogP contribution in [0.1, 0.15) is 11.3 Å². The predicted molar refractivity (Wildman–Crippen MR) is 47.5 cm³/mol. The number of hydrogen-bond donors (Lipinski definition) is 1. The number of furan rings is 1. The minimum atomic E-state index is 0.407. The molecule has 0 atom stereocenters. The summed E-state index contributed by atoms with van der Waals surface area (Å²) in [6, 6.07) is 1.86. The molecular formula is C9H13NO2. The Balaban J connectivity index is 2.83. The molecule has 1 aromatic rings. The second kappa shape index (κ2) is 4.09. The van der Waals surface area contributed by atoms with Gasteiger partial charge in [-0.3, -0.25) is 0 Å². The molecule has 0 amide bonds. The summed E-state index contributed by atoms with van der Waals surface area (Å²) in [4.78, 5) is 0. The minimum absolute atomic E-state index is 0.407. The monoisotopic (exact) mass is 167 g/mol. The molecule has 0 bridgehead atoms. The number of hydrogen-bond acceptors (Lipinski definition) is 3. The third kappa shape index (κ3) is 1.75. The van der Waals surface area contributed by atoms with Crippen LogP contribution >= 0.6 is 0 Å². The van der Waals surface area contributed by atoms with Crippen molar-refractivity contribution in [3.05, 3.63) is 30.2 Å². The highest BCUT2D eigenvalue weighted by molar-refractivity contribution is 5.62. The van der Waals surface area contributed by atoms with Gasteiger partial charge in [-0.1, -0.05) is 6.58 Å². The van der Waals surface area contributed by atoms with Crippen LogP contribution in [-0.4, -0.2) is 13.7 Å². The molecule has 1 rings (SSSR count). The summed E-state index contributed by atoms with van der Waals surface area (Å²) in [5.74, 6) is 0.749. The molecule has 2 N–H and O–H groups in total. The summed E-state index contributed by atoms with van der Waals surface area (Å²) >= 11 is 0. The molecule has 0 saturated heterocycles. The Hall–Kier alpha value is -1.06. The van der Waals surface area contributed by atoms with Crippen LogP contribution < -0.4 is 5.73 Å². The summed E-state index contributed by atoms with van der Waals surface area (Å²) in [6.07, 6.45) is 1.62. The summed E-state index contributed by atoms with van der Waals surface area (Å²) in [5, 5.41) is 0. The summed E-state index contributed by atoms with van der Waals surface area (Å²) in [6.45, 7) is 4.72. The van der Waals surface area contributed by atoms with Gasteiger partial charge in [0.15, 0.2) is 0 Å². The molecule has 12 heavy (non-hydrogen) atoms. The first-order valence-electron chi connectivity index (χ1n) is 3.73. The van der Waals surface area contributed by atoms with Crippen molar-refractivity contribution < 1.29 is 9.15 Å². The number of nitrogens with two attached hydrogens (primary N) is 1. The molecule has 1 aromatic heterocycles. The lowest BCUT2D eigenvalue weighted by Gasteiger charge is -2.01. The van der Waals surface area contributed by atoms with Crippen molar-refractivity contribution in [2.24, 2.45) is 5.73 Å². The van der Waals surface area contributed by atoms with E-state index in [0.717, 1.165) is 16.9 Å². The van der Waals surface area contributed by atoms with E-state index in [1.54, 1.807) is 13.4 Å². The van der Waals surface area contributed by atoms with Gasteiger partial charge in [-0.25, -0.2) is 0 Å². The minimum Gasteiger partial charge on any atom is -0.464 e. The van der Waals surface area contributed by atoms with Gasteiger partial charge in [0.2, 0.25) is 0 Å². The fourth-order valence-corrected chi connectivity index (χ4v) is 1.01. The van der Waals surface area contributed by atoms with Crippen LogP contribution in [0.15, 0.2) is 23.3 Å². The average Bonchev–Trinajstić information content (AvgIpc) is 2.52. The van der Waals surface area contributed by atoms with E-state index in [1.807, 2.05) is 6.07 Å². The Kier molecular flexibility index (Phi) is 3.08. The summed E-state index contributed by atoms with van der Waals surface area (Å²) < 4.78 is 10.2. The summed E-state index contributed by atoms with van der Waals surface area (Å²) in [5.41, 5.74) is 7.22. The van der Waals surface area contributed by atoms with Gasteiger partial charge < -0.3 is 14.9 Å². The second-order valence-electron chi connectivity index (χ2n) is 2.52. The highest BCUT2D eigenvalue weighted by Crippen LogP contribution is 2.18. The zero-order valence-corrected chi connectivity index (χ0v) is 7.17. The Labute approximate surface area is 71.8 Å². The number of rotatable bonds is 4. The van der Waals surface area contributed by atoms with Crippen LogP contribution in [-0.2, 0) is 11.3 Å². The maximum atomic E-state index is 5.43. The van der Waals surface area contributed by atoms with Crippen molar-refractivity contribution >= 4 is 5.57 Å². The first-order valence-corrected chi connectivity index (χ1v) is 3.73. The maximum absolute atomic E-state index is 5.43. The fraction of sp³-hybridized carbons (Fsp3) is 0.333. The van der Waals surface area contributed by atoms with E-state index in [1.165, 1.54) is 0 Å². The molecule has 3 nitrogen and oxygen atoms in total. The fourth-order valence-electron chi connectivity index (χ4n) is 1.01. The zero-order valence-electron chi connectivity index (χ0n) is 7.17. The Morgan fingerprint density at radius 2 is 2.50 bits per heavy atom. The van der Waals surface area contributed by atoms with E-state index < -0.39 is 0 Å². The molecule has 0 aromatic carbocycles. The van der Waals surface area contributed by atoms with Gasteiger partial charge in [-0.05, 0) is 6.07 Å².